The first-order valence-electron chi connectivity index (χ1n) is 11.0. The van der Waals surface area contributed by atoms with Crippen molar-refractivity contribution in [1.29, 1.82) is 0 Å². The Balaban J connectivity index is 1.46. The Hall–Kier alpha value is -2.61. The molecule has 1 amide bonds. The first-order valence-corrected chi connectivity index (χ1v) is 12.4. The number of rotatable bonds is 7. The number of fused-ring (bicyclic) bond motifs is 1. The van der Waals surface area contributed by atoms with Crippen LogP contribution < -0.4 is 9.62 Å². The predicted molar refractivity (Wildman–Crippen MR) is 121 cm³/mol. The van der Waals surface area contributed by atoms with E-state index in [9.17, 15) is 13.2 Å². The molecule has 2 heterocycles. The molecular weight excluding hydrogens is 412 g/mol. The quantitative estimate of drug-likeness (QED) is 0.667. The van der Waals surface area contributed by atoms with Gasteiger partial charge < -0.3 is 5.32 Å². The lowest BCUT2D eigenvalue weighted by atomic mass is 9.97. The van der Waals surface area contributed by atoms with E-state index in [4.69, 9.17) is 0 Å². The number of anilines is 1. The second kappa shape index (κ2) is 8.86. The van der Waals surface area contributed by atoms with Crippen LogP contribution in [0.3, 0.4) is 0 Å². The van der Waals surface area contributed by atoms with Gasteiger partial charge in [0.1, 0.15) is 11.4 Å². The van der Waals surface area contributed by atoms with Crippen molar-refractivity contribution in [2.45, 2.75) is 63.8 Å². The van der Waals surface area contributed by atoms with Gasteiger partial charge in [-0.15, -0.1) is 0 Å². The number of hydrogen-bond donors (Lipinski definition) is 1. The van der Waals surface area contributed by atoms with Gasteiger partial charge in [0.05, 0.1) is 17.1 Å². The van der Waals surface area contributed by atoms with Gasteiger partial charge in [-0.1, -0.05) is 29.8 Å². The van der Waals surface area contributed by atoms with Gasteiger partial charge in [-0.05, 0) is 64.0 Å². The highest BCUT2D eigenvalue weighted by molar-refractivity contribution is 7.93. The number of aromatic nitrogens is 2. The molecule has 8 heteroatoms. The first-order chi connectivity index (χ1) is 14.9. The molecule has 2 aromatic rings. The lowest BCUT2D eigenvalue weighted by Gasteiger charge is -2.19. The van der Waals surface area contributed by atoms with E-state index in [-0.39, 0.29) is 17.3 Å². The average Bonchev–Trinajstić information content (AvgIpc) is 3.30. The number of carbonyl (C=O) groups excluding carboxylic acids is 1. The zero-order chi connectivity index (χ0) is 22.0. The van der Waals surface area contributed by atoms with Crippen LogP contribution in [0.2, 0.25) is 0 Å². The number of allylic oxidation sites excluding steroid dienone is 1. The van der Waals surface area contributed by atoms with E-state index >= 15 is 0 Å². The molecule has 4 rings (SSSR count). The normalized spacial score (nSPS) is 16.2. The molecule has 1 aromatic heterocycles. The molecule has 0 bridgehead atoms. The van der Waals surface area contributed by atoms with Gasteiger partial charge in [0.25, 0.3) is 10.0 Å². The zero-order valence-electron chi connectivity index (χ0n) is 18.2. The van der Waals surface area contributed by atoms with Crippen molar-refractivity contribution in [3.8, 4) is 0 Å². The van der Waals surface area contributed by atoms with Gasteiger partial charge in [0.2, 0.25) is 5.91 Å². The largest absolute Gasteiger partial charge is 0.354 e. The minimum atomic E-state index is -3.75. The maximum Gasteiger partial charge on any atom is 0.268 e. The van der Waals surface area contributed by atoms with Crippen LogP contribution in [-0.2, 0) is 27.8 Å². The minimum absolute atomic E-state index is 0.0117. The Morgan fingerprint density at radius 2 is 1.97 bits per heavy atom. The summed E-state index contributed by atoms with van der Waals surface area (Å²) >= 11 is 0. The molecule has 0 atom stereocenters. The monoisotopic (exact) mass is 442 g/mol. The van der Waals surface area contributed by atoms with Gasteiger partial charge in [-0.2, -0.15) is 5.10 Å². The van der Waals surface area contributed by atoms with Gasteiger partial charge >= 0.3 is 0 Å². The molecule has 31 heavy (non-hydrogen) atoms. The fourth-order valence-electron chi connectivity index (χ4n) is 4.56. The Labute approximate surface area is 184 Å². The zero-order valence-corrected chi connectivity index (χ0v) is 19.0. The number of amides is 1. The number of aryl methyl sites for hydroxylation is 1. The summed E-state index contributed by atoms with van der Waals surface area (Å²) in [7, 11) is -3.75. The Morgan fingerprint density at radius 3 is 2.74 bits per heavy atom. The molecule has 0 spiro atoms. The highest BCUT2D eigenvalue weighted by atomic mass is 32.2. The summed E-state index contributed by atoms with van der Waals surface area (Å²) in [5.41, 5.74) is 4.08. The molecule has 166 valence electrons. The fourth-order valence-corrected chi connectivity index (χ4v) is 6.44. The highest BCUT2D eigenvalue weighted by Gasteiger charge is 2.35. The van der Waals surface area contributed by atoms with Crippen molar-refractivity contribution in [3.05, 3.63) is 52.9 Å². The molecular formula is C23H30N4O3S. The van der Waals surface area contributed by atoms with E-state index in [0.29, 0.717) is 30.9 Å². The van der Waals surface area contributed by atoms with Crippen molar-refractivity contribution in [3.63, 3.8) is 0 Å². The molecule has 0 saturated heterocycles. The van der Waals surface area contributed by atoms with Crippen molar-refractivity contribution >= 4 is 21.6 Å². The van der Waals surface area contributed by atoms with Crippen LogP contribution in [0, 0.1) is 13.8 Å². The molecule has 0 unspecified atom stereocenters. The summed E-state index contributed by atoms with van der Waals surface area (Å²) in [6.07, 6.45) is 8.58. The molecule has 0 radical (unpaired) electrons. The first kappa shape index (κ1) is 21.6. The minimum Gasteiger partial charge on any atom is -0.354 e. The number of carbonyl (C=O) groups is 1. The second-order valence-corrected chi connectivity index (χ2v) is 10.1. The van der Waals surface area contributed by atoms with E-state index in [1.165, 1.54) is 27.4 Å². The molecule has 2 aliphatic rings. The van der Waals surface area contributed by atoms with Crippen LogP contribution in [0.4, 0.5) is 5.69 Å². The summed E-state index contributed by atoms with van der Waals surface area (Å²) in [6, 6.07) is 7.57. The number of nitrogens with zero attached hydrogens (tertiary/aromatic N) is 3. The van der Waals surface area contributed by atoms with E-state index in [2.05, 4.69) is 16.5 Å². The molecule has 1 aliphatic carbocycles. The maximum atomic E-state index is 13.5. The third-order valence-electron chi connectivity index (χ3n) is 6.15. The number of nitrogens with one attached hydrogen (secondary N) is 1. The molecule has 1 aliphatic heterocycles. The van der Waals surface area contributed by atoms with Crippen LogP contribution >= 0.6 is 0 Å². The van der Waals surface area contributed by atoms with Crippen molar-refractivity contribution in [1.82, 2.24) is 15.1 Å². The third-order valence-corrected chi connectivity index (χ3v) is 8.22. The van der Waals surface area contributed by atoms with E-state index < -0.39 is 10.0 Å². The topological polar surface area (TPSA) is 84.3 Å². The van der Waals surface area contributed by atoms with E-state index in [1.807, 2.05) is 24.3 Å². The van der Waals surface area contributed by atoms with Crippen LogP contribution in [0.1, 0.15) is 49.1 Å². The number of para-hydroxylation sites is 1. The van der Waals surface area contributed by atoms with E-state index in [1.54, 1.807) is 13.8 Å². The lowest BCUT2D eigenvalue weighted by molar-refractivity contribution is -0.121. The molecule has 7 nitrogen and oxygen atoms in total. The van der Waals surface area contributed by atoms with Crippen LogP contribution in [-0.4, -0.2) is 37.2 Å². The molecule has 0 saturated carbocycles. The van der Waals surface area contributed by atoms with Crippen LogP contribution in [0.15, 0.2) is 40.8 Å². The van der Waals surface area contributed by atoms with Crippen molar-refractivity contribution in [2.24, 2.45) is 0 Å². The Bertz CT molecular complexity index is 1120. The summed E-state index contributed by atoms with van der Waals surface area (Å²) in [4.78, 5) is 12.6. The summed E-state index contributed by atoms with van der Waals surface area (Å²) in [5, 5.41) is 7.32. The number of sulfonamides is 1. The SMILES string of the molecule is Cc1nn(CC(=O)NCCC2=CCCCC2)c(C)c1S(=O)(=O)N1CCc2ccccc21. The number of benzene rings is 1. The predicted octanol–water partition coefficient (Wildman–Crippen LogP) is 3.26. The third kappa shape index (κ3) is 4.39. The summed E-state index contributed by atoms with van der Waals surface area (Å²) in [5.74, 6) is -0.155. The maximum absolute atomic E-state index is 13.5. The fraction of sp³-hybridized carbons (Fsp3) is 0.478. The standard InChI is InChI=1S/C23H30N4O3S/c1-17-23(31(29,30)27-15-13-20-10-6-7-11-21(20)27)18(2)26(25-17)16-22(28)24-14-12-19-8-4-3-5-9-19/h6-8,10-11H,3-5,9,12-16H2,1-2H3,(H,24,28). The molecule has 1 N–H and O–H groups in total. The number of hydrogen-bond acceptors (Lipinski definition) is 4. The van der Waals surface area contributed by atoms with Gasteiger partial charge in [0.15, 0.2) is 0 Å². The van der Waals surface area contributed by atoms with Gasteiger partial charge in [-0.3, -0.25) is 13.8 Å². The van der Waals surface area contributed by atoms with Crippen LogP contribution in [0.5, 0.6) is 0 Å². The van der Waals surface area contributed by atoms with Gasteiger partial charge in [-0.25, -0.2) is 8.42 Å². The Morgan fingerprint density at radius 1 is 1.16 bits per heavy atom. The summed E-state index contributed by atoms with van der Waals surface area (Å²) in [6.45, 7) is 4.43. The van der Waals surface area contributed by atoms with Crippen LogP contribution in [0.25, 0.3) is 0 Å². The lowest BCUT2D eigenvalue weighted by Crippen LogP contribution is -2.31. The second-order valence-electron chi connectivity index (χ2n) is 8.32. The van der Waals surface area contributed by atoms with Crippen molar-refractivity contribution in [2.75, 3.05) is 17.4 Å². The van der Waals surface area contributed by atoms with Gasteiger partial charge in [0, 0.05) is 13.1 Å². The summed E-state index contributed by atoms with van der Waals surface area (Å²) < 4.78 is 29.9. The van der Waals surface area contributed by atoms with E-state index in [0.717, 1.165) is 30.5 Å². The van der Waals surface area contributed by atoms with Crippen molar-refractivity contribution < 1.29 is 13.2 Å². The average molecular weight is 443 g/mol. The highest BCUT2D eigenvalue weighted by Crippen LogP contribution is 2.34. The smallest absolute Gasteiger partial charge is 0.268 e. The molecule has 1 aromatic carbocycles. The molecule has 0 fully saturated rings. The Kier molecular flexibility index (Phi) is 6.18.